The molecule has 0 aromatic rings. The Morgan fingerprint density at radius 2 is 1.75 bits per heavy atom. The van der Waals surface area contributed by atoms with Gasteiger partial charge in [0.1, 0.15) is 0 Å². The minimum absolute atomic E-state index is 0.896. The first kappa shape index (κ1) is 14.9. The maximum absolute atomic E-state index is 3.47. The molecule has 2 bridgehead atoms. The highest BCUT2D eigenvalue weighted by Crippen LogP contribution is 2.52. The van der Waals surface area contributed by atoms with Crippen LogP contribution in [0.3, 0.4) is 0 Å². The summed E-state index contributed by atoms with van der Waals surface area (Å²) in [6.45, 7) is 6.14. The molecule has 0 aromatic heterocycles. The van der Waals surface area contributed by atoms with Crippen molar-refractivity contribution in [2.75, 3.05) is 13.6 Å². The molecular formula is C19H35N. The largest absolute Gasteiger partial charge is 0.319 e. The van der Waals surface area contributed by atoms with Crippen LogP contribution in [0.4, 0.5) is 0 Å². The van der Waals surface area contributed by atoms with Crippen LogP contribution in [0.5, 0.6) is 0 Å². The van der Waals surface area contributed by atoms with Crippen molar-refractivity contribution in [3.8, 4) is 0 Å². The monoisotopic (exact) mass is 277 g/mol. The summed E-state index contributed by atoms with van der Waals surface area (Å²) >= 11 is 0. The van der Waals surface area contributed by atoms with Crippen molar-refractivity contribution in [2.24, 2.45) is 41.4 Å². The molecule has 3 aliphatic rings. The van der Waals surface area contributed by atoms with E-state index in [0.29, 0.717) is 0 Å². The maximum atomic E-state index is 3.47. The fourth-order valence-corrected chi connectivity index (χ4v) is 5.84. The minimum Gasteiger partial charge on any atom is -0.319 e. The first-order valence-corrected chi connectivity index (χ1v) is 9.32. The van der Waals surface area contributed by atoms with Crippen LogP contribution in [-0.2, 0) is 0 Å². The summed E-state index contributed by atoms with van der Waals surface area (Å²) in [6, 6.07) is 0. The molecule has 6 atom stereocenters. The topological polar surface area (TPSA) is 12.0 Å². The summed E-state index contributed by atoms with van der Waals surface area (Å²) < 4.78 is 0. The highest BCUT2D eigenvalue weighted by Gasteiger charge is 2.42. The molecule has 0 saturated heterocycles. The molecular weight excluding hydrogens is 242 g/mol. The van der Waals surface area contributed by atoms with Crippen LogP contribution < -0.4 is 5.32 Å². The quantitative estimate of drug-likeness (QED) is 0.766. The molecule has 6 unspecified atom stereocenters. The second-order valence-corrected chi connectivity index (χ2v) is 8.57. The van der Waals surface area contributed by atoms with Gasteiger partial charge in [-0.3, -0.25) is 0 Å². The molecule has 0 aromatic carbocycles. The van der Waals surface area contributed by atoms with Gasteiger partial charge in [-0.1, -0.05) is 20.3 Å². The van der Waals surface area contributed by atoms with Crippen LogP contribution in [0.15, 0.2) is 0 Å². The first-order chi connectivity index (χ1) is 9.67. The zero-order valence-electron chi connectivity index (χ0n) is 13.9. The lowest BCUT2D eigenvalue weighted by Crippen LogP contribution is -2.35. The van der Waals surface area contributed by atoms with E-state index in [9.17, 15) is 0 Å². The van der Waals surface area contributed by atoms with E-state index in [-0.39, 0.29) is 0 Å². The van der Waals surface area contributed by atoms with Gasteiger partial charge in [0, 0.05) is 0 Å². The van der Waals surface area contributed by atoms with Crippen LogP contribution >= 0.6 is 0 Å². The molecule has 0 aliphatic heterocycles. The van der Waals surface area contributed by atoms with E-state index >= 15 is 0 Å². The zero-order valence-corrected chi connectivity index (χ0v) is 13.9. The van der Waals surface area contributed by atoms with E-state index in [1.807, 2.05) is 0 Å². The Hall–Kier alpha value is -0.0400. The number of nitrogens with one attached hydrogen (secondary N) is 1. The normalized spacial score (nSPS) is 44.4. The summed E-state index contributed by atoms with van der Waals surface area (Å²) in [6.07, 6.45) is 12.3. The molecule has 1 N–H and O–H groups in total. The Kier molecular flexibility index (Phi) is 4.75. The van der Waals surface area contributed by atoms with Gasteiger partial charge >= 0.3 is 0 Å². The average molecular weight is 277 g/mol. The van der Waals surface area contributed by atoms with E-state index in [4.69, 9.17) is 0 Å². The molecule has 0 amide bonds. The third-order valence-corrected chi connectivity index (χ3v) is 7.08. The summed E-state index contributed by atoms with van der Waals surface area (Å²) in [5, 5.41) is 3.47. The second-order valence-electron chi connectivity index (χ2n) is 8.57. The Bertz CT molecular complexity index is 311. The van der Waals surface area contributed by atoms with Crippen LogP contribution in [0.1, 0.15) is 65.2 Å². The van der Waals surface area contributed by atoms with Crippen molar-refractivity contribution >= 4 is 0 Å². The lowest BCUT2D eigenvalue weighted by molar-refractivity contribution is 0.112. The van der Waals surface area contributed by atoms with Gasteiger partial charge < -0.3 is 5.32 Å². The van der Waals surface area contributed by atoms with E-state index in [2.05, 4.69) is 26.2 Å². The second kappa shape index (κ2) is 6.38. The van der Waals surface area contributed by atoms with Gasteiger partial charge in [-0.05, 0) is 100.0 Å². The van der Waals surface area contributed by atoms with Crippen LogP contribution in [0, 0.1) is 41.4 Å². The van der Waals surface area contributed by atoms with Crippen LogP contribution in [-0.4, -0.2) is 13.6 Å². The van der Waals surface area contributed by atoms with Crippen LogP contribution in [0.25, 0.3) is 0 Å². The third-order valence-electron chi connectivity index (χ3n) is 7.08. The summed E-state index contributed by atoms with van der Waals surface area (Å²) in [5.74, 6) is 7.23. The number of hydrogen-bond donors (Lipinski definition) is 1. The number of hydrogen-bond acceptors (Lipinski definition) is 1. The number of rotatable bonds is 5. The Morgan fingerprint density at radius 1 is 0.900 bits per heavy atom. The smallest absolute Gasteiger partial charge is 0.00209 e. The summed E-state index contributed by atoms with van der Waals surface area (Å²) in [4.78, 5) is 0. The van der Waals surface area contributed by atoms with E-state index in [1.165, 1.54) is 25.8 Å². The van der Waals surface area contributed by atoms with Gasteiger partial charge in [0.2, 0.25) is 0 Å². The molecule has 116 valence electrons. The molecule has 0 heterocycles. The lowest BCUT2D eigenvalue weighted by atomic mass is 9.66. The first-order valence-electron chi connectivity index (χ1n) is 9.32. The van der Waals surface area contributed by atoms with Crippen molar-refractivity contribution < 1.29 is 0 Å². The van der Waals surface area contributed by atoms with Gasteiger partial charge in [0.15, 0.2) is 0 Å². The minimum atomic E-state index is 0.896. The van der Waals surface area contributed by atoms with Gasteiger partial charge in [-0.25, -0.2) is 0 Å². The highest BCUT2D eigenvalue weighted by atomic mass is 14.8. The fraction of sp³-hybridized carbons (Fsp3) is 1.00. The fourth-order valence-electron chi connectivity index (χ4n) is 5.84. The van der Waals surface area contributed by atoms with Crippen molar-refractivity contribution in [1.29, 1.82) is 0 Å². The van der Waals surface area contributed by atoms with Crippen molar-refractivity contribution in [3.63, 3.8) is 0 Å². The van der Waals surface area contributed by atoms with Crippen molar-refractivity contribution in [3.05, 3.63) is 0 Å². The van der Waals surface area contributed by atoms with Gasteiger partial charge in [-0.2, -0.15) is 0 Å². The van der Waals surface area contributed by atoms with E-state index in [1.54, 1.807) is 32.1 Å². The zero-order chi connectivity index (χ0) is 14.1. The standard InChI is InChI=1S/C19H35N/c1-13(2)15-6-7-17(12-20-3)19(10-15)11-18-9-14-4-5-16(18)8-14/h13-20H,4-12H2,1-3H3. The number of fused-ring (bicyclic) bond motifs is 2. The lowest BCUT2D eigenvalue weighted by Gasteiger charge is -2.40. The van der Waals surface area contributed by atoms with Crippen LogP contribution in [0.2, 0.25) is 0 Å². The average Bonchev–Trinajstić information content (AvgIpc) is 3.03. The Balaban J connectivity index is 1.60. The highest BCUT2D eigenvalue weighted by molar-refractivity contribution is 4.93. The molecule has 3 aliphatic carbocycles. The molecule has 3 saturated carbocycles. The summed E-state index contributed by atoms with van der Waals surface area (Å²) in [5.41, 5.74) is 0. The molecule has 1 nitrogen and oxygen atoms in total. The summed E-state index contributed by atoms with van der Waals surface area (Å²) in [7, 11) is 2.14. The molecule has 1 heteroatoms. The molecule has 0 spiro atoms. The van der Waals surface area contributed by atoms with E-state index in [0.717, 1.165) is 41.4 Å². The Labute approximate surface area is 126 Å². The van der Waals surface area contributed by atoms with Gasteiger partial charge in [0.25, 0.3) is 0 Å². The predicted octanol–water partition coefficient (Wildman–Crippen LogP) is 4.72. The SMILES string of the molecule is CNCC1CCC(C(C)C)CC1CC1CC2CCC1C2. The van der Waals surface area contributed by atoms with E-state index < -0.39 is 0 Å². The van der Waals surface area contributed by atoms with Crippen molar-refractivity contribution in [2.45, 2.75) is 65.2 Å². The van der Waals surface area contributed by atoms with Gasteiger partial charge in [0.05, 0.1) is 0 Å². The molecule has 3 rings (SSSR count). The third kappa shape index (κ3) is 3.08. The van der Waals surface area contributed by atoms with Gasteiger partial charge in [-0.15, -0.1) is 0 Å². The molecule has 3 fully saturated rings. The molecule has 20 heavy (non-hydrogen) atoms. The van der Waals surface area contributed by atoms with Crippen molar-refractivity contribution in [1.82, 2.24) is 5.32 Å². The molecule has 0 radical (unpaired) electrons. The predicted molar refractivity (Wildman–Crippen MR) is 86.6 cm³/mol. The Morgan fingerprint density at radius 3 is 2.35 bits per heavy atom. The maximum Gasteiger partial charge on any atom is -0.00209 e.